The van der Waals surface area contributed by atoms with Crippen molar-refractivity contribution in [2.75, 3.05) is 46.4 Å². The molecule has 3 heterocycles. The Balaban J connectivity index is 1.47. The average Bonchev–Trinajstić information content (AvgIpc) is 2.69. The number of rotatable bonds is 6. The Bertz CT molecular complexity index is 560. The molecule has 0 saturated carbocycles. The first-order chi connectivity index (χ1) is 12.7. The Morgan fingerprint density at radius 3 is 2.81 bits per heavy atom. The number of piperidine rings is 2. The molecule has 0 radical (unpaired) electrons. The fourth-order valence-electron chi connectivity index (χ4n) is 4.30. The van der Waals surface area contributed by atoms with Crippen LogP contribution in [0, 0.1) is 5.92 Å². The summed E-state index contributed by atoms with van der Waals surface area (Å²) in [5.74, 6) is 0.284. The third-order valence-corrected chi connectivity index (χ3v) is 5.82. The molecule has 26 heavy (non-hydrogen) atoms. The topological polar surface area (TPSA) is 59.9 Å². The SMILES string of the molecule is CN(CCO)C(=O)[C@H]1CCCN(C2CCN(Cc3cccnc3)CC2)C1. The van der Waals surface area contributed by atoms with Crippen LogP contribution in [0.15, 0.2) is 24.5 Å². The van der Waals surface area contributed by atoms with E-state index in [4.69, 9.17) is 5.11 Å². The molecule has 1 amide bonds. The van der Waals surface area contributed by atoms with E-state index in [2.05, 4.69) is 20.9 Å². The first-order valence-electron chi connectivity index (χ1n) is 9.88. The number of hydrogen-bond donors (Lipinski definition) is 1. The number of aromatic nitrogens is 1. The smallest absolute Gasteiger partial charge is 0.226 e. The van der Waals surface area contributed by atoms with Crippen LogP contribution >= 0.6 is 0 Å². The number of carbonyl (C=O) groups excluding carboxylic acids is 1. The first-order valence-corrected chi connectivity index (χ1v) is 9.88. The quantitative estimate of drug-likeness (QED) is 0.826. The van der Waals surface area contributed by atoms with E-state index >= 15 is 0 Å². The second-order valence-corrected chi connectivity index (χ2v) is 7.69. The van der Waals surface area contributed by atoms with Crippen molar-refractivity contribution in [3.8, 4) is 0 Å². The van der Waals surface area contributed by atoms with Gasteiger partial charge in [0.2, 0.25) is 5.91 Å². The number of aliphatic hydroxyl groups excluding tert-OH is 1. The van der Waals surface area contributed by atoms with Gasteiger partial charge in [0.05, 0.1) is 12.5 Å². The van der Waals surface area contributed by atoms with Gasteiger partial charge in [-0.2, -0.15) is 0 Å². The molecule has 144 valence electrons. The van der Waals surface area contributed by atoms with Crippen molar-refractivity contribution in [2.45, 2.75) is 38.3 Å². The van der Waals surface area contributed by atoms with Crippen molar-refractivity contribution in [3.05, 3.63) is 30.1 Å². The molecule has 1 atom stereocenters. The van der Waals surface area contributed by atoms with Crippen LogP contribution in [-0.4, -0.2) is 83.1 Å². The van der Waals surface area contributed by atoms with Crippen molar-refractivity contribution in [1.29, 1.82) is 0 Å². The fraction of sp³-hybridized carbons (Fsp3) is 0.700. The summed E-state index contributed by atoms with van der Waals surface area (Å²) in [6.07, 6.45) is 8.20. The maximum Gasteiger partial charge on any atom is 0.226 e. The third kappa shape index (κ3) is 5.02. The van der Waals surface area contributed by atoms with Gasteiger partial charge >= 0.3 is 0 Å². The lowest BCUT2D eigenvalue weighted by Crippen LogP contribution is -2.51. The van der Waals surface area contributed by atoms with E-state index in [1.165, 1.54) is 18.4 Å². The average molecular weight is 361 g/mol. The molecule has 6 heteroatoms. The summed E-state index contributed by atoms with van der Waals surface area (Å²) in [7, 11) is 1.80. The molecule has 3 rings (SSSR count). The van der Waals surface area contributed by atoms with Gasteiger partial charge in [0.1, 0.15) is 0 Å². The van der Waals surface area contributed by atoms with Crippen LogP contribution in [0.3, 0.4) is 0 Å². The molecular weight excluding hydrogens is 328 g/mol. The Morgan fingerprint density at radius 1 is 1.31 bits per heavy atom. The van der Waals surface area contributed by atoms with Gasteiger partial charge in [-0.3, -0.25) is 19.6 Å². The number of amides is 1. The fourth-order valence-corrected chi connectivity index (χ4v) is 4.30. The van der Waals surface area contributed by atoms with Gasteiger partial charge in [-0.05, 0) is 56.9 Å². The number of hydrogen-bond acceptors (Lipinski definition) is 5. The van der Waals surface area contributed by atoms with Gasteiger partial charge in [-0.25, -0.2) is 0 Å². The number of pyridine rings is 1. The zero-order valence-corrected chi connectivity index (χ0v) is 15.9. The van der Waals surface area contributed by atoms with Gasteiger partial charge in [-0.1, -0.05) is 6.07 Å². The highest BCUT2D eigenvalue weighted by Gasteiger charge is 2.32. The zero-order chi connectivity index (χ0) is 18.4. The molecule has 2 saturated heterocycles. The Labute approximate surface area is 156 Å². The second-order valence-electron chi connectivity index (χ2n) is 7.69. The molecule has 6 nitrogen and oxygen atoms in total. The van der Waals surface area contributed by atoms with Gasteiger partial charge in [0, 0.05) is 45.1 Å². The van der Waals surface area contributed by atoms with Gasteiger partial charge < -0.3 is 10.0 Å². The molecule has 0 aromatic carbocycles. The molecule has 2 aliphatic heterocycles. The van der Waals surface area contributed by atoms with Gasteiger partial charge in [0.15, 0.2) is 0 Å². The summed E-state index contributed by atoms with van der Waals surface area (Å²) in [4.78, 5) is 23.5. The van der Waals surface area contributed by atoms with Crippen LogP contribution in [0.2, 0.25) is 0 Å². The lowest BCUT2D eigenvalue weighted by molar-refractivity contribution is -0.137. The molecule has 0 bridgehead atoms. The predicted octanol–water partition coefficient (Wildman–Crippen LogP) is 1.21. The summed E-state index contributed by atoms with van der Waals surface area (Å²) in [5, 5.41) is 9.06. The normalized spacial score (nSPS) is 23.1. The van der Waals surface area contributed by atoms with Crippen LogP contribution in [0.5, 0.6) is 0 Å². The minimum absolute atomic E-state index is 0.0358. The van der Waals surface area contributed by atoms with E-state index in [0.29, 0.717) is 12.6 Å². The minimum atomic E-state index is 0.0358. The molecule has 0 spiro atoms. The number of likely N-dealkylation sites (tertiary alicyclic amines) is 2. The van der Waals surface area contributed by atoms with E-state index in [0.717, 1.165) is 45.6 Å². The standard InChI is InChI=1S/C20H32N4O2/c1-22(12-13-25)20(26)18-5-3-9-24(16-18)19-6-10-23(11-7-19)15-17-4-2-8-21-14-17/h2,4,8,14,18-19,25H,3,5-7,9-13,15-16H2,1H3/t18-/m0/s1. The minimum Gasteiger partial charge on any atom is -0.395 e. The highest BCUT2D eigenvalue weighted by molar-refractivity contribution is 5.78. The Hall–Kier alpha value is -1.50. The third-order valence-electron chi connectivity index (χ3n) is 5.82. The van der Waals surface area contributed by atoms with Crippen molar-refractivity contribution < 1.29 is 9.90 Å². The summed E-state index contributed by atoms with van der Waals surface area (Å²) < 4.78 is 0. The molecule has 0 unspecified atom stereocenters. The largest absolute Gasteiger partial charge is 0.395 e. The zero-order valence-electron chi connectivity index (χ0n) is 15.9. The van der Waals surface area contributed by atoms with Crippen molar-refractivity contribution >= 4 is 5.91 Å². The summed E-state index contributed by atoms with van der Waals surface area (Å²) in [5.41, 5.74) is 1.28. The highest BCUT2D eigenvalue weighted by atomic mass is 16.3. The van der Waals surface area contributed by atoms with E-state index < -0.39 is 0 Å². The number of carbonyl (C=O) groups is 1. The summed E-state index contributed by atoms with van der Waals surface area (Å²) in [6.45, 7) is 5.66. The van der Waals surface area contributed by atoms with Crippen LogP contribution in [-0.2, 0) is 11.3 Å². The number of likely N-dealkylation sites (N-methyl/N-ethyl adjacent to an activating group) is 1. The lowest BCUT2D eigenvalue weighted by Gasteiger charge is -2.42. The predicted molar refractivity (Wildman–Crippen MR) is 102 cm³/mol. The lowest BCUT2D eigenvalue weighted by atomic mass is 9.93. The Morgan fingerprint density at radius 2 is 2.12 bits per heavy atom. The molecule has 0 aliphatic carbocycles. The maximum absolute atomic E-state index is 12.5. The Kier molecular flexibility index (Phi) is 7.00. The van der Waals surface area contributed by atoms with E-state index in [1.807, 2.05) is 18.5 Å². The molecule has 2 aliphatic rings. The van der Waals surface area contributed by atoms with Gasteiger partial charge in [-0.15, -0.1) is 0 Å². The van der Waals surface area contributed by atoms with Crippen LogP contribution in [0.4, 0.5) is 0 Å². The van der Waals surface area contributed by atoms with Crippen molar-refractivity contribution in [2.24, 2.45) is 5.92 Å². The van der Waals surface area contributed by atoms with Crippen LogP contribution < -0.4 is 0 Å². The van der Waals surface area contributed by atoms with Crippen molar-refractivity contribution in [1.82, 2.24) is 19.7 Å². The van der Waals surface area contributed by atoms with Crippen LogP contribution in [0.1, 0.15) is 31.2 Å². The molecule has 1 aromatic heterocycles. The monoisotopic (exact) mass is 360 g/mol. The molecule has 1 aromatic rings. The van der Waals surface area contributed by atoms with Crippen LogP contribution in [0.25, 0.3) is 0 Å². The maximum atomic E-state index is 12.5. The highest BCUT2D eigenvalue weighted by Crippen LogP contribution is 2.25. The van der Waals surface area contributed by atoms with Crippen molar-refractivity contribution in [3.63, 3.8) is 0 Å². The van der Waals surface area contributed by atoms with E-state index in [-0.39, 0.29) is 18.4 Å². The molecule has 1 N–H and O–H groups in total. The summed E-state index contributed by atoms with van der Waals surface area (Å²) in [6, 6.07) is 4.74. The van der Waals surface area contributed by atoms with E-state index in [9.17, 15) is 4.79 Å². The molecular formula is C20H32N4O2. The number of nitrogens with zero attached hydrogens (tertiary/aromatic N) is 4. The van der Waals surface area contributed by atoms with E-state index in [1.54, 1.807) is 11.9 Å². The van der Waals surface area contributed by atoms with Gasteiger partial charge in [0.25, 0.3) is 0 Å². The molecule has 2 fully saturated rings. The summed E-state index contributed by atoms with van der Waals surface area (Å²) >= 11 is 0. The number of aliphatic hydroxyl groups is 1. The first kappa shape index (κ1) is 19.3. The second kappa shape index (κ2) is 9.44.